The van der Waals surface area contributed by atoms with Crippen molar-refractivity contribution in [2.45, 2.75) is 6.42 Å². The van der Waals surface area contributed by atoms with Crippen molar-refractivity contribution in [1.82, 2.24) is 10.1 Å². The molecule has 0 aliphatic heterocycles. The summed E-state index contributed by atoms with van der Waals surface area (Å²) in [5, 5.41) is 3.85. The van der Waals surface area contributed by atoms with Gasteiger partial charge in [-0.2, -0.15) is 4.98 Å². The fourth-order valence-corrected chi connectivity index (χ4v) is 2.06. The van der Waals surface area contributed by atoms with Crippen molar-refractivity contribution < 1.29 is 8.91 Å². The fourth-order valence-electron chi connectivity index (χ4n) is 2.06. The first-order valence-corrected chi connectivity index (χ1v) is 6.34. The number of anilines is 2. The van der Waals surface area contributed by atoms with Crippen LogP contribution in [0.3, 0.4) is 0 Å². The second-order valence-corrected chi connectivity index (χ2v) is 4.67. The first-order valence-electron chi connectivity index (χ1n) is 6.34. The van der Waals surface area contributed by atoms with E-state index in [1.54, 1.807) is 36.4 Å². The number of nitrogens with zero attached hydrogens (tertiary/aromatic N) is 2. The van der Waals surface area contributed by atoms with Crippen molar-refractivity contribution in [3.8, 4) is 11.5 Å². The van der Waals surface area contributed by atoms with Crippen LogP contribution in [-0.4, -0.2) is 10.1 Å². The average Bonchev–Trinajstić information content (AvgIpc) is 2.89. The zero-order valence-corrected chi connectivity index (χ0v) is 11.1. The highest BCUT2D eigenvalue weighted by Gasteiger charge is 2.12. The highest BCUT2D eigenvalue weighted by Crippen LogP contribution is 2.23. The molecule has 1 aromatic heterocycles. The Hall–Kier alpha value is -2.89. The molecule has 0 amide bonds. The van der Waals surface area contributed by atoms with E-state index in [0.29, 0.717) is 34.2 Å². The van der Waals surface area contributed by atoms with E-state index in [2.05, 4.69) is 10.1 Å². The molecule has 106 valence electrons. The molecule has 0 fully saturated rings. The minimum atomic E-state index is -0.294. The summed E-state index contributed by atoms with van der Waals surface area (Å²) in [5.74, 6) is 0.411. The Bertz CT molecular complexity index is 765. The van der Waals surface area contributed by atoms with Crippen LogP contribution in [0.1, 0.15) is 11.4 Å². The SMILES string of the molecule is Nc1cc(N)cc(-c2nc(Cc3ccccc3F)no2)c1. The monoisotopic (exact) mass is 284 g/mol. The number of hydrogen-bond donors (Lipinski definition) is 2. The van der Waals surface area contributed by atoms with Crippen LogP contribution < -0.4 is 11.5 Å². The van der Waals surface area contributed by atoms with E-state index >= 15 is 0 Å². The molecule has 1 heterocycles. The zero-order valence-electron chi connectivity index (χ0n) is 11.1. The van der Waals surface area contributed by atoms with Gasteiger partial charge in [0.1, 0.15) is 5.82 Å². The van der Waals surface area contributed by atoms with Gasteiger partial charge in [-0.05, 0) is 29.8 Å². The smallest absolute Gasteiger partial charge is 0.258 e. The molecule has 0 saturated carbocycles. The lowest BCUT2D eigenvalue weighted by atomic mass is 10.1. The Balaban J connectivity index is 1.88. The number of aromatic nitrogens is 2. The van der Waals surface area contributed by atoms with E-state index in [1.807, 2.05) is 0 Å². The molecule has 0 radical (unpaired) electrons. The normalized spacial score (nSPS) is 10.7. The van der Waals surface area contributed by atoms with Crippen LogP contribution in [-0.2, 0) is 6.42 Å². The van der Waals surface area contributed by atoms with Crippen LogP contribution in [0.2, 0.25) is 0 Å². The Morgan fingerprint density at radius 2 is 1.76 bits per heavy atom. The summed E-state index contributed by atoms with van der Waals surface area (Å²) in [4.78, 5) is 4.24. The maximum Gasteiger partial charge on any atom is 0.258 e. The summed E-state index contributed by atoms with van der Waals surface area (Å²) in [7, 11) is 0. The number of nitrogen functional groups attached to an aromatic ring is 2. The van der Waals surface area contributed by atoms with Gasteiger partial charge in [-0.25, -0.2) is 4.39 Å². The molecule has 0 aliphatic carbocycles. The fraction of sp³-hybridized carbons (Fsp3) is 0.0667. The molecule has 0 saturated heterocycles. The van der Waals surface area contributed by atoms with E-state index < -0.39 is 0 Å². The molecule has 0 unspecified atom stereocenters. The van der Waals surface area contributed by atoms with Crippen molar-refractivity contribution in [1.29, 1.82) is 0 Å². The highest BCUT2D eigenvalue weighted by molar-refractivity contribution is 5.67. The van der Waals surface area contributed by atoms with Gasteiger partial charge in [-0.15, -0.1) is 0 Å². The molecule has 5 nitrogen and oxygen atoms in total. The molecule has 0 spiro atoms. The minimum Gasteiger partial charge on any atom is -0.399 e. The summed E-state index contributed by atoms with van der Waals surface area (Å²) in [6.45, 7) is 0. The number of halogens is 1. The summed E-state index contributed by atoms with van der Waals surface area (Å²) in [5.41, 5.74) is 13.6. The largest absolute Gasteiger partial charge is 0.399 e. The van der Waals surface area contributed by atoms with Crippen LogP contribution in [0, 0.1) is 5.82 Å². The van der Waals surface area contributed by atoms with Gasteiger partial charge in [0.2, 0.25) is 0 Å². The zero-order chi connectivity index (χ0) is 14.8. The minimum absolute atomic E-state index is 0.258. The topological polar surface area (TPSA) is 91.0 Å². The quantitative estimate of drug-likeness (QED) is 0.721. The maximum atomic E-state index is 13.6. The van der Waals surface area contributed by atoms with E-state index in [4.69, 9.17) is 16.0 Å². The molecule has 3 rings (SSSR count). The summed E-state index contributed by atoms with van der Waals surface area (Å²) in [6.07, 6.45) is 0.258. The number of nitrogens with two attached hydrogens (primary N) is 2. The predicted molar refractivity (Wildman–Crippen MR) is 77.8 cm³/mol. The second-order valence-electron chi connectivity index (χ2n) is 4.67. The van der Waals surface area contributed by atoms with E-state index in [1.165, 1.54) is 6.07 Å². The lowest BCUT2D eigenvalue weighted by Crippen LogP contribution is -1.94. The standard InChI is InChI=1S/C15H13FN4O/c16-13-4-2-1-3-9(13)7-14-19-15(21-20-14)10-5-11(17)8-12(18)6-10/h1-6,8H,7,17-18H2. The Morgan fingerprint density at radius 3 is 2.48 bits per heavy atom. The Labute approximate surface area is 120 Å². The lowest BCUT2D eigenvalue weighted by molar-refractivity contribution is 0.423. The third-order valence-electron chi connectivity index (χ3n) is 3.00. The van der Waals surface area contributed by atoms with Gasteiger partial charge in [-0.3, -0.25) is 0 Å². The van der Waals surface area contributed by atoms with Crippen molar-refractivity contribution in [2.75, 3.05) is 11.5 Å². The molecule has 0 aliphatic rings. The second kappa shape index (κ2) is 5.24. The van der Waals surface area contributed by atoms with Crippen LogP contribution in [0.25, 0.3) is 11.5 Å². The van der Waals surface area contributed by atoms with Gasteiger partial charge in [0.05, 0.1) is 0 Å². The van der Waals surface area contributed by atoms with Crippen LogP contribution >= 0.6 is 0 Å². The number of benzene rings is 2. The van der Waals surface area contributed by atoms with Crippen LogP contribution in [0.5, 0.6) is 0 Å². The lowest BCUT2D eigenvalue weighted by Gasteiger charge is -1.99. The first-order chi connectivity index (χ1) is 10.1. The molecule has 0 atom stereocenters. The summed E-state index contributed by atoms with van der Waals surface area (Å²) < 4.78 is 18.8. The molecule has 2 aromatic carbocycles. The number of hydrogen-bond acceptors (Lipinski definition) is 5. The van der Waals surface area contributed by atoms with Crippen molar-refractivity contribution >= 4 is 11.4 Å². The van der Waals surface area contributed by atoms with Crippen molar-refractivity contribution in [2.24, 2.45) is 0 Å². The third kappa shape index (κ3) is 2.84. The van der Waals surface area contributed by atoms with Gasteiger partial charge in [-0.1, -0.05) is 23.4 Å². The highest BCUT2D eigenvalue weighted by atomic mass is 19.1. The van der Waals surface area contributed by atoms with Gasteiger partial charge in [0, 0.05) is 23.4 Å². The first kappa shape index (κ1) is 13.1. The molecule has 0 bridgehead atoms. The van der Waals surface area contributed by atoms with Gasteiger partial charge < -0.3 is 16.0 Å². The predicted octanol–water partition coefficient (Wildman–Crippen LogP) is 2.63. The molecule has 4 N–H and O–H groups in total. The molecule has 21 heavy (non-hydrogen) atoms. The van der Waals surface area contributed by atoms with Crippen molar-refractivity contribution in [3.05, 3.63) is 59.7 Å². The summed E-state index contributed by atoms with van der Waals surface area (Å²) in [6, 6.07) is 11.5. The maximum absolute atomic E-state index is 13.6. The average molecular weight is 284 g/mol. The van der Waals surface area contributed by atoms with E-state index in [-0.39, 0.29) is 12.2 Å². The Morgan fingerprint density at radius 1 is 1.05 bits per heavy atom. The molecule has 3 aromatic rings. The summed E-state index contributed by atoms with van der Waals surface area (Å²) >= 11 is 0. The Kier molecular flexibility index (Phi) is 3.27. The van der Waals surface area contributed by atoms with Gasteiger partial charge >= 0.3 is 0 Å². The van der Waals surface area contributed by atoms with E-state index in [9.17, 15) is 4.39 Å². The van der Waals surface area contributed by atoms with Gasteiger partial charge in [0.15, 0.2) is 5.82 Å². The van der Waals surface area contributed by atoms with Crippen LogP contribution in [0.15, 0.2) is 47.0 Å². The molecular formula is C15H13FN4O. The molecular weight excluding hydrogens is 271 g/mol. The van der Waals surface area contributed by atoms with Crippen LogP contribution in [0.4, 0.5) is 15.8 Å². The number of rotatable bonds is 3. The van der Waals surface area contributed by atoms with Crippen molar-refractivity contribution in [3.63, 3.8) is 0 Å². The van der Waals surface area contributed by atoms with E-state index in [0.717, 1.165) is 0 Å². The van der Waals surface area contributed by atoms with Gasteiger partial charge in [0.25, 0.3) is 5.89 Å². The third-order valence-corrected chi connectivity index (χ3v) is 3.00. The molecule has 6 heteroatoms.